The molecule has 0 amide bonds. The monoisotopic (exact) mass is 249 g/mol. The van der Waals surface area contributed by atoms with Gasteiger partial charge in [-0.3, -0.25) is 0 Å². The van der Waals surface area contributed by atoms with Crippen LogP contribution in [-0.2, 0) is 4.74 Å². The van der Waals surface area contributed by atoms with E-state index in [1.54, 1.807) is 0 Å². The predicted molar refractivity (Wildman–Crippen MR) is 74.3 cm³/mol. The third kappa shape index (κ3) is 1.89. The highest BCUT2D eigenvalue weighted by Gasteiger charge is 2.58. The fourth-order valence-electron chi connectivity index (χ4n) is 4.80. The lowest BCUT2D eigenvalue weighted by Crippen LogP contribution is -2.52. The molecule has 1 heterocycles. The molecular formula is C16H27NO. The average Bonchev–Trinajstić information content (AvgIpc) is 2.81. The zero-order chi connectivity index (χ0) is 12.8. The maximum absolute atomic E-state index is 5.68. The Hall–Kier alpha value is -0.500. The summed E-state index contributed by atoms with van der Waals surface area (Å²) in [5, 5.41) is 3.85. The van der Waals surface area contributed by atoms with E-state index in [4.69, 9.17) is 4.74 Å². The molecule has 0 aromatic carbocycles. The standard InChI is InChI=1S/C16H27NO/c1-15(2)12-7-8-16(3,10-12)14(15)17-11-13-6-4-5-9-18-13/h5,9,12-14,17H,4,6-8,10-11H2,1-3H3. The summed E-state index contributed by atoms with van der Waals surface area (Å²) in [4.78, 5) is 0. The number of hydrogen-bond donors (Lipinski definition) is 1. The lowest BCUT2D eigenvalue weighted by Gasteiger charge is -2.44. The summed E-state index contributed by atoms with van der Waals surface area (Å²) in [6, 6.07) is 0.665. The van der Waals surface area contributed by atoms with Gasteiger partial charge in [0.15, 0.2) is 0 Å². The zero-order valence-electron chi connectivity index (χ0n) is 12.0. The molecule has 18 heavy (non-hydrogen) atoms. The van der Waals surface area contributed by atoms with E-state index < -0.39 is 0 Å². The van der Waals surface area contributed by atoms with Gasteiger partial charge in [-0.15, -0.1) is 0 Å². The van der Waals surface area contributed by atoms with E-state index in [-0.39, 0.29) is 0 Å². The molecular weight excluding hydrogens is 222 g/mol. The topological polar surface area (TPSA) is 21.3 Å². The minimum absolute atomic E-state index is 0.383. The van der Waals surface area contributed by atoms with Gasteiger partial charge in [0.25, 0.3) is 0 Å². The van der Waals surface area contributed by atoms with Crippen molar-refractivity contribution in [1.29, 1.82) is 0 Å². The van der Waals surface area contributed by atoms with E-state index in [0.29, 0.717) is 23.0 Å². The number of allylic oxidation sites excluding steroid dienone is 1. The Morgan fingerprint density at radius 1 is 1.28 bits per heavy atom. The Balaban J connectivity index is 1.63. The van der Waals surface area contributed by atoms with Crippen molar-refractivity contribution in [1.82, 2.24) is 5.32 Å². The lowest BCUT2D eigenvalue weighted by molar-refractivity contribution is 0.0746. The largest absolute Gasteiger partial charge is 0.497 e. The molecule has 2 bridgehead atoms. The summed E-state index contributed by atoms with van der Waals surface area (Å²) in [5.74, 6) is 0.923. The van der Waals surface area contributed by atoms with Gasteiger partial charge in [-0.05, 0) is 54.9 Å². The van der Waals surface area contributed by atoms with E-state index in [0.717, 1.165) is 18.9 Å². The summed E-state index contributed by atoms with van der Waals surface area (Å²) >= 11 is 0. The van der Waals surface area contributed by atoms with Crippen LogP contribution in [0.2, 0.25) is 0 Å². The number of fused-ring (bicyclic) bond motifs is 2. The van der Waals surface area contributed by atoms with E-state index >= 15 is 0 Å². The molecule has 3 aliphatic rings. The van der Waals surface area contributed by atoms with Crippen LogP contribution in [0.5, 0.6) is 0 Å². The van der Waals surface area contributed by atoms with Gasteiger partial charge in [0.05, 0.1) is 6.26 Å². The molecule has 2 saturated carbocycles. The minimum Gasteiger partial charge on any atom is -0.497 e. The molecule has 1 N–H and O–H groups in total. The van der Waals surface area contributed by atoms with Crippen molar-refractivity contribution >= 4 is 0 Å². The summed E-state index contributed by atoms with van der Waals surface area (Å²) in [5.41, 5.74) is 0.982. The van der Waals surface area contributed by atoms with Crippen LogP contribution >= 0.6 is 0 Å². The van der Waals surface area contributed by atoms with Crippen LogP contribution in [0.3, 0.4) is 0 Å². The number of ether oxygens (including phenoxy) is 1. The van der Waals surface area contributed by atoms with Crippen molar-refractivity contribution in [3.05, 3.63) is 12.3 Å². The SMILES string of the molecule is CC12CCC(C1)C(C)(C)C2NCC1CCC=CO1. The van der Waals surface area contributed by atoms with Crippen LogP contribution < -0.4 is 5.32 Å². The quantitative estimate of drug-likeness (QED) is 0.827. The molecule has 4 atom stereocenters. The first-order chi connectivity index (χ1) is 8.52. The lowest BCUT2D eigenvalue weighted by atomic mass is 9.68. The molecule has 2 nitrogen and oxygen atoms in total. The molecule has 0 aromatic rings. The smallest absolute Gasteiger partial charge is 0.110 e. The van der Waals surface area contributed by atoms with Crippen LogP contribution in [0, 0.1) is 16.7 Å². The molecule has 2 aliphatic carbocycles. The van der Waals surface area contributed by atoms with Gasteiger partial charge >= 0.3 is 0 Å². The third-order valence-electron chi connectivity index (χ3n) is 5.84. The zero-order valence-corrected chi connectivity index (χ0v) is 12.0. The summed E-state index contributed by atoms with van der Waals surface area (Å²) < 4.78 is 5.68. The predicted octanol–water partition coefficient (Wildman–Crippen LogP) is 3.48. The van der Waals surface area contributed by atoms with Crippen LogP contribution in [0.15, 0.2) is 12.3 Å². The third-order valence-corrected chi connectivity index (χ3v) is 5.84. The van der Waals surface area contributed by atoms with Gasteiger partial charge in [-0.2, -0.15) is 0 Å². The maximum atomic E-state index is 5.68. The molecule has 0 radical (unpaired) electrons. The second-order valence-corrected chi connectivity index (χ2v) is 7.46. The summed E-state index contributed by atoms with van der Waals surface area (Å²) in [6.45, 7) is 8.42. The first kappa shape index (κ1) is 12.5. The minimum atomic E-state index is 0.383. The highest BCUT2D eigenvalue weighted by molar-refractivity contribution is 5.12. The van der Waals surface area contributed by atoms with Crippen molar-refractivity contribution in [3.63, 3.8) is 0 Å². The van der Waals surface area contributed by atoms with Crippen molar-refractivity contribution in [2.45, 2.75) is 65.0 Å². The summed E-state index contributed by atoms with van der Waals surface area (Å²) in [6.07, 6.45) is 11.0. The number of hydrogen-bond acceptors (Lipinski definition) is 2. The molecule has 2 fully saturated rings. The van der Waals surface area contributed by atoms with E-state index in [2.05, 4.69) is 32.2 Å². The summed E-state index contributed by atoms with van der Waals surface area (Å²) in [7, 11) is 0. The van der Waals surface area contributed by atoms with Gasteiger partial charge in [0.2, 0.25) is 0 Å². The fraction of sp³-hybridized carbons (Fsp3) is 0.875. The Morgan fingerprint density at radius 2 is 2.11 bits per heavy atom. The van der Waals surface area contributed by atoms with Crippen molar-refractivity contribution < 1.29 is 4.74 Å². The first-order valence-electron chi connectivity index (χ1n) is 7.56. The molecule has 102 valence electrons. The van der Waals surface area contributed by atoms with Crippen molar-refractivity contribution in [2.24, 2.45) is 16.7 Å². The van der Waals surface area contributed by atoms with Gasteiger partial charge in [-0.1, -0.05) is 20.8 Å². The Bertz CT molecular complexity index is 344. The maximum Gasteiger partial charge on any atom is 0.110 e. The van der Waals surface area contributed by atoms with Crippen LogP contribution in [0.4, 0.5) is 0 Å². The van der Waals surface area contributed by atoms with Gasteiger partial charge in [0, 0.05) is 12.6 Å². The second-order valence-electron chi connectivity index (χ2n) is 7.46. The van der Waals surface area contributed by atoms with Gasteiger partial charge < -0.3 is 10.1 Å². The normalized spacial score (nSPS) is 45.2. The highest BCUT2D eigenvalue weighted by atomic mass is 16.5. The Morgan fingerprint density at radius 3 is 2.72 bits per heavy atom. The van der Waals surface area contributed by atoms with E-state index in [9.17, 15) is 0 Å². The van der Waals surface area contributed by atoms with Crippen LogP contribution in [0.25, 0.3) is 0 Å². The fourth-order valence-corrected chi connectivity index (χ4v) is 4.80. The Kier molecular flexibility index (Phi) is 2.97. The first-order valence-corrected chi connectivity index (χ1v) is 7.56. The highest BCUT2D eigenvalue weighted by Crippen LogP contribution is 2.62. The second kappa shape index (κ2) is 4.26. The van der Waals surface area contributed by atoms with E-state index in [1.807, 2.05) is 6.26 Å². The average molecular weight is 249 g/mol. The van der Waals surface area contributed by atoms with Crippen LogP contribution in [-0.4, -0.2) is 18.7 Å². The molecule has 2 heteroatoms. The molecule has 1 aliphatic heterocycles. The van der Waals surface area contributed by atoms with Crippen molar-refractivity contribution in [3.8, 4) is 0 Å². The van der Waals surface area contributed by atoms with Crippen LogP contribution in [0.1, 0.15) is 52.9 Å². The van der Waals surface area contributed by atoms with Gasteiger partial charge in [0.1, 0.15) is 6.10 Å². The Labute approximate surface area is 111 Å². The molecule has 4 unspecified atom stereocenters. The van der Waals surface area contributed by atoms with E-state index in [1.165, 1.54) is 25.7 Å². The number of nitrogens with one attached hydrogen (secondary N) is 1. The molecule has 0 aromatic heterocycles. The molecule has 0 saturated heterocycles. The number of rotatable bonds is 3. The molecule has 3 rings (SSSR count). The van der Waals surface area contributed by atoms with Crippen molar-refractivity contribution in [2.75, 3.05) is 6.54 Å². The van der Waals surface area contributed by atoms with Gasteiger partial charge in [-0.25, -0.2) is 0 Å². The molecule has 0 spiro atoms.